The summed E-state index contributed by atoms with van der Waals surface area (Å²) in [6.45, 7) is 1.09. The van der Waals surface area contributed by atoms with Gasteiger partial charge in [0, 0.05) is 42.8 Å². The second kappa shape index (κ2) is 5.99. The number of carboxylic acid groups (broad SMARTS) is 1. The Labute approximate surface area is 128 Å². The second-order valence-corrected chi connectivity index (χ2v) is 5.13. The van der Waals surface area contributed by atoms with Gasteiger partial charge in [-0.05, 0) is 18.2 Å². The van der Waals surface area contributed by atoms with Crippen LogP contribution in [0.15, 0.2) is 48.7 Å². The van der Waals surface area contributed by atoms with Crippen LogP contribution < -0.4 is 5.32 Å². The lowest BCUT2D eigenvalue weighted by Crippen LogP contribution is -2.16. The maximum Gasteiger partial charge on any atom is 0.352 e. The van der Waals surface area contributed by atoms with Gasteiger partial charge in [-0.3, -0.25) is 4.98 Å². The Balaban J connectivity index is 1.89. The summed E-state index contributed by atoms with van der Waals surface area (Å²) in [5, 5.41) is 13.8. The molecule has 0 saturated carbocycles. The Morgan fingerprint density at radius 3 is 2.68 bits per heavy atom. The Bertz CT molecular complexity index is 809. The van der Waals surface area contributed by atoms with E-state index in [0.717, 1.165) is 22.2 Å². The van der Waals surface area contributed by atoms with Gasteiger partial charge in [0.15, 0.2) is 0 Å². The molecule has 112 valence electrons. The molecule has 2 N–H and O–H groups in total. The molecule has 5 nitrogen and oxygen atoms in total. The predicted molar refractivity (Wildman–Crippen MR) is 84.7 cm³/mol. The number of pyridine rings is 1. The van der Waals surface area contributed by atoms with E-state index in [-0.39, 0.29) is 0 Å². The van der Waals surface area contributed by atoms with Gasteiger partial charge in [-0.1, -0.05) is 24.3 Å². The summed E-state index contributed by atoms with van der Waals surface area (Å²) in [4.78, 5) is 15.8. The number of aromatic carboxylic acids is 1. The summed E-state index contributed by atoms with van der Waals surface area (Å²) in [5.74, 6) is -0.909. The van der Waals surface area contributed by atoms with Crippen LogP contribution in [-0.2, 0) is 20.1 Å². The van der Waals surface area contributed by atoms with E-state index < -0.39 is 5.97 Å². The summed E-state index contributed by atoms with van der Waals surface area (Å²) in [5.41, 5.74) is 2.99. The molecule has 1 aromatic carbocycles. The van der Waals surface area contributed by atoms with Crippen molar-refractivity contribution in [2.75, 3.05) is 0 Å². The first-order chi connectivity index (χ1) is 10.7. The number of para-hydroxylation sites is 1. The van der Waals surface area contributed by atoms with Crippen molar-refractivity contribution in [1.82, 2.24) is 14.9 Å². The fourth-order valence-electron chi connectivity index (χ4n) is 2.74. The molecule has 0 unspecified atom stereocenters. The van der Waals surface area contributed by atoms with E-state index in [2.05, 4.69) is 10.3 Å². The number of rotatable bonds is 5. The highest BCUT2D eigenvalue weighted by molar-refractivity contribution is 5.98. The van der Waals surface area contributed by atoms with Crippen molar-refractivity contribution in [2.24, 2.45) is 7.05 Å². The Hall–Kier alpha value is -2.66. The maximum atomic E-state index is 11.6. The lowest BCUT2D eigenvalue weighted by Gasteiger charge is -2.06. The third-order valence-corrected chi connectivity index (χ3v) is 3.75. The van der Waals surface area contributed by atoms with Crippen LogP contribution in [0.3, 0.4) is 0 Å². The number of aromatic nitrogens is 2. The molecule has 0 amide bonds. The van der Waals surface area contributed by atoms with E-state index in [1.54, 1.807) is 17.8 Å². The molecule has 22 heavy (non-hydrogen) atoms. The van der Waals surface area contributed by atoms with E-state index in [1.807, 2.05) is 42.5 Å². The van der Waals surface area contributed by atoms with Crippen molar-refractivity contribution in [1.29, 1.82) is 0 Å². The zero-order chi connectivity index (χ0) is 15.5. The topological polar surface area (TPSA) is 67.2 Å². The maximum absolute atomic E-state index is 11.6. The molecule has 2 heterocycles. The highest BCUT2D eigenvalue weighted by Crippen LogP contribution is 2.25. The number of nitrogens with one attached hydrogen (secondary N) is 1. The van der Waals surface area contributed by atoms with E-state index in [9.17, 15) is 9.90 Å². The minimum atomic E-state index is -0.909. The molecule has 0 aliphatic heterocycles. The predicted octanol–water partition coefficient (Wildman–Crippen LogP) is 2.56. The molecule has 0 aliphatic rings. The number of hydrogen-bond acceptors (Lipinski definition) is 3. The number of carboxylic acids is 1. The van der Waals surface area contributed by atoms with E-state index >= 15 is 0 Å². The zero-order valence-electron chi connectivity index (χ0n) is 12.3. The molecule has 0 bridgehead atoms. The molecule has 5 heteroatoms. The number of aryl methyl sites for hydroxylation is 1. The molecular formula is C17H17N3O2. The van der Waals surface area contributed by atoms with Gasteiger partial charge < -0.3 is 15.0 Å². The molecular weight excluding hydrogens is 278 g/mol. The SMILES string of the molecule is Cn1c(C(=O)O)c(CNCc2ccccn2)c2ccccc21. The molecule has 3 rings (SSSR count). The van der Waals surface area contributed by atoms with Crippen molar-refractivity contribution in [3.05, 3.63) is 65.6 Å². The molecule has 0 saturated heterocycles. The largest absolute Gasteiger partial charge is 0.477 e. The third kappa shape index (κ3) is 2.58. The first kappa shape index (κ1) is 14.3. The highest BCUT2D eigenvalue weighted by Gasteiger charge is 2.19. The second-order valence-electron chi connectivity index (χ2n) is 5.13. The number of benzene rings is 1. The Morgan fingerprint density at radius 1 is 1.18 bits per heavy atom. The molecule has 0 spiro atoms. The lowest BCUT2D eigenvalue weighted by molar-refractivity contribution is 0.0685. The lowest BCUT2D eigenvalue weighted by atomic mass is 10.1. The van der Waals surface area contributed by atoms with Crippen LogP contribution in [0.1, 0.15) is 21.7 Å². The Kier molecular flexibility index (Phi) is 3.89. The molecule has 0 fully saturated rings. The van der Waals surface area contributed by atoms with Crippen molar-refractivity contribution in [2.45, 2.75) is 13.1 Å². The minimum Gasteiger partial charge on any atom is -0.477 e. The minimum absolute atomic E-state index is 0.328. The molecule has 0 aliphatic carbocycles. The van der Waals surface area contributed by atoms with Crippen LogP contribution >= 0.6 is 0 Å². The fraction of sp³-hybridized carbons (Fsp3) is 0.176. The first-order valence-electron chi connectivity index (χ1n) is 7.08. The van der Waals surface area contributed by atoms with Crippen LogP contribution in [-0.4, -0.2) is 20.6 Å². The zero-order valence-corrected chi connectivity index (χ0v) is 12.3. The van der Waals surface area contributed by atoms with E-state index in [4.69, 9.17) is 0 Å². The average molecular weight is 295 g/mol. The normalized spacial score (nSPS) is 11.0. The quantitative estimate of drug-likeness (QED) is 0.759. The molecule has 0 atom stereocenters. The fourth-order valence-corrected chi connectivity index (χ4v) is 2.74. The number of hydrogen-bond donors (Lipinski definition) is 2. The molecule has 3 aromatic rings. The van der Waals surface area contributed by atoms with Gasteiger partial charge in [0.25, 0.3) is 0 Å². The van der Waals surface area contributed by atoms with Gasteiger partial charge in [-0.15, -0.1) is 0 Å². The van der Waals surface area contributed by atoms with Gasteiger partial charge >= 0.3 is 5.97 Å². The summed E-state index contributed by atoms with van der Waals surface area (Å²) in [6.07, 6.45) is 1.75. The summed E-state index contributed by atoms with van der Waals surface area (Å²) in [7, 11) is 1.79. The van der Waals surface area contributed by atoms with Crippen LogP contribution in [0.2, 0.25) is 0 Å². The van der Waals surface area contributed by atoms with Crippen molar-refractivity contribution >= 4 is 16.9 Å². The van der Waals surface area contributed by atoms with Crippen molar-refractivity contribution in [3.63, 3.8) is 0 Å². The standard InChI is InChI=1S/C17H17N3O2/c1-20-15-8-3-2-7-13(15)14(16(20)17(21)22)11-18-10-12-6-4-5-9-19-12/h2-9,18H,10-11H2,1H3,(H,21,22). The molecule has 0 radical (unpaired) electrons. The Morgan fingerprint density at radius 2 is 1.95 bits per heavy atom. The van der Waals surface area contributed by atoms with Crippen LogP contribution in [0, 0.1) is 0 Å². The monoisotopic (exact) mass is 295 g/mol. The van der Waals surface area contributed by atoms with Crippen LogP contribution in [0.5, 0.6) is 0 Å². The van der Waals surface area contributed by atoms with Gasteiger partial charge in [0.05, 0.1) is 5.69 Å². The number of nitrogens with zero attached hydrogens (tertiary/aromatic N) is 2. The number of carbonyl (C=O) groups is 1. The van der Waals surface area contributed by atoms with Gasteiger partial charge in [0.2, 0.25) is 0 Å². The summed E-state index contributed by atoms with van der Waals surface area (Å²) >= 11 is 0. The average Bonchev–Trinajstić information content (AvgIpc) is 2.82. The number of fused-ring (bicyclic) bond motifs is 1. The summed E-state index contributed by atoms with van der Waals surface area (Å²) < 4.78 is 1.73. The van der Waals surface area contributed by atoms with E-state index in [0.29, 0.717) is 18.8 Å². The van der Waals surface area contributed by atoms with Gasteiger partial charge in [0.1, 0.15) is 5.69 Å². The van der Waals surface area contributed by atoms with Gasteiger partial charge in [-0.25, -0.2) is 4.79 Å². The van der Waals surface area contributed by atoms with Crippen LogP contribution in [0.25, 0.3) is 10.9 Å². The van der Waals surface area contributed by atoms with E-state index in [1.165, 1.54) is 0 Å². The third-order valence-electron chi connectivity index (χ3n) is 3.75. The highest BCUT2D eigenvalue weighted by atomic mass is 16.4. The smallest absolute Gasteiger partial charge is 0.352 e. The molecule has 2 aromatic heterocycles. The van der Waals surface area contributed by atoms with Crippen molar-refractivity contribution in [3.8, 4) is 0 Å². The van der Waals surface area contributed by atoms with Crippen LogP contribution in [0.4, 0.5) is 0 Å². The summed E-state index contributed by atoms with van der Waals surface area (Å²) in [6, 6.07) is 13.5. The first-order valence-corrected chi connectivity index (χ1v) is 7.08. The van der Waals surface area contributed by atoms with Crippen molar-refractivity contribution < 1.29 is 9.90 Å². The van der Waals surface area contributed by atoms with Gasteiger partial charge in [-0.2, -0.15) is 0 Å².